The summed E-state index contributed by atoms with van der Waals surface area (Å²) >= 11 is 0. The Hall–Kier alpha value is -2.46. The van der Waals surface area contributed by atoms with E-state index in [-0.39, 0.29) is 29.0 Å². The predicted molar refractivity (Wildman–Crippen MR) is 97.3 cm³/mol. The van der Waals surface area contributed by atoms with Crippen molar-refractivity contribution in [3.05, 3.63) is 47.5 Å². The Balaban J connectivity index is 1.99. The molecule has 1 unspecified atom stereocenters. The van der Waals surface area contributed by atoms with Crippen LogP contribution in [0.3, 0.4) is 0 Å². The number of methoxy groups -OCH3 is 1. The zero-order chi connectivity index (χ0) is 20.5. The Morgan fingerprint density at radius 2 is 1.96 bits per heavy atom. The fourth-order valence-electron chi connectivity index (χ4n) is 2.99. The number of anilines is 1. The van der Waals surface area contributed by atoms with Crippen molar-refractivity contribution in [2.45, 2.75) is 23.5 Å². The summed E-state index contributed by atoms with van der Waals surface area (Å²) in [5.74, 6) is 0.623. The molecule has 3 rings (SSSR count). The molecule has 0 bridgehead atoms. The molecule has 10 heteroatoms. The van der Waals surface area contributed by atoms with Gasteiger partial charge >= 0.3 is 6.18 Å². The number of fused-ring (bicyclic) bond motifs is 1. The number of halogens is 3. The van der Waals surface area contributed by atoms with Gasteiger partial charge in [-0.2, -0.15) is 13.2 Å². The van der Waals surface area contributed by atoms with Crippen molar-refractivity contribution >= 4 is 15.7 Å². The maximum atomic E-state index is 12.9. The summed E-state index contributed by atoms with van der Waals surface area (Å²) in [6.45, 7) is 0.253. The first-order valence-electron chi connectivity index (χ1n) is 8.35. The van der Waals surface area contributed by atoms with Gasteiger partial charge in [-0.05, 0) is 43.8 Å². The molecule has 0 aromatic heterocycles. The lowest BCUT2D eigenvalue weighted by Gasteiger charge is -2.28. The number of hydrogen-bond donors (Lipinski definition) is 2. The maximum Gasteiger partial charge on any atom is 0.416 e. The second-order valence-electron chi connectivity index (χ2n) is 6.26. The van der Waals surface area contributed by atoms with Crippen LogP contribution < -0.4 is 19.5 Å². The molecule has 0 saturated carbocycles. The van der Waals surface area contributed by atoms with Crippen LogP contribution in [0.25, 0.3) is 0 Å². The lowest BCUT2D eigenvalue weighted by Crippen LogP contribution is -2.37. The number of sulfonamides is 1. The molecule has 1 heterocycles. The van der Waals surface area contributed by atoms with Crippen molar-refractivity contribution in [1.82, 2.24) is 5.32 Å². The van der Waals surface area contributed by atoms with Gasteiger partial charge < -0.3 is 14.8 Å². The summed E-state index contributed by atoms with van der Waals surface area (Å²) in [7, 11) is -0.953. The summed E-state index contributed by atoms with van der Waals surface area (Å²) < 4.78 is 77.5. The van der Waals surface area contributed by atoms with E-state index in [1.807, 2.05) is 0 Å². The Morgan fingerprint density at radius 3 is 2.61 bits per heavy atom. The molecule has 2 N–H and O–H groups in total. The first kappa shape index (κ1) is 20.3. The summed E-state index contributed by atoms with van der Waals surface area (Å²) in [5.41, 5.74) is -0.555. The largest absolute Gasteiger partial charge is 0.496 e. The highest BCUT2D eigenvalue weighted by molar-refractivity contribution is 7.92. The molecule has 1 aliphatic heterocycles. The minimum absolute atomic E-state index is 0.0178. The van der Waals surface area contributed by atoms with Crippen molar-refractivity contribution in [3.8, 4) is 11.5 Å². The highest BCUT2D eigenvalue weighted by atomic mass is 32.2. The molecule has 0 radical (unpaired) electrons. The Labute approximate surface area is 160 Å². The van der Waals surface area contributed by atoms with Gasteiger partial charge in [0, 0.05) is 17.3 Å². The number of likely N-dealkylation sites (N-methyl/N-ethyl adjacent to an activating group) is 1. The van der Waals surface area contributed by atoms with Gasteiger partial charge in [0.05, 0.1) is 12.7 Å². The number of nitrogens with one attached hydrogen (secondary N) is 2. The minimum Gasteiger partial charge on any atom is -0.496 e. The van der Waals surface area contributed by atoms with Gasteiger partial charge in [0.25, 0.3) is 10.0 Å². The molecule has 0 spiro atoms. The van der Waals surface area contributed by atoms with Crippen LogP contribution in [0, 0.1) is 0 Å². The average molecular weight is 416 g/mol. The Morgan fingerprint density at radius 1 is 1.21 bits per heavy atom. The van der Waals surface area contributed by atoms with E-state index >= 15 is 0 Å². The molecular weight excluding hydrogens is 397 g/mol. The van der Waals surface area contributed by atoms with Gasteiger partial charge in [0.2, 0.25) is 0 Å². The first-order valence-corrected chi connectivity index (χ1v) is 9.84. The van der Waals surface area contributed by atoms with Gasteiger partial charge in [-0.15, -0.1) is 0 Å². The van der Waals surface area contributed by atoms with Crippen molar-refractivity contribution in [1.29, 1.82) is 0 Å². The van der Waals surface area contributed by atoms with E-state index in [1.54, 1.807) is 7.05 Å². The van der Waals surface area contributed by atoms with E-state index in [9.17, 15) is 21.6 Å². The van der Waals surface area contributed by atoms with Crippen molar-refractivity contribution < 1.29 is 31.1 Å². The molecule has 6 nitrogen and oxygen atoms in total. The second kappa shape index (κ2) is 7.51. The zero-order valence-electron chi connectivity index (χ0n) is 15.1. The summed E-state index contributed by atoms with van der Waals surface area (Å²) in [6, 6.07) is 6.79. The number of benzene rings is 2. The first-order chi connectivity index (χ1) is 13.2. The molecule has 152 valence electrons. The monoisotopic (exact) mass is 416 g/mol. The number of ether oxygens (including phenoxy) is 2. The van der Waals surface area contributed by atoms with Crippen LogP contribution in [-0.4, -0.2) is 35.2 Å². The van der Waals surface area contributed by atoms with E-state index < -0.39 is 21.8 Å². The van der Waals surface area contributed by atoms with Crippen LogP contribution >= 0.6 is 0 Å². The highest BCUT2D eigenvalue weighted by Gasteiger charge is 2.32. The SMILES string of the molecule is CNC1COc2c(S(=O)(=O)Nc3cccc(C(F)(F)F)c3)ccc(OC)c2C1. The fraction of sp³-hybridized carbons (Fsp3) is 0.333. The Bertz CT molecular complexity index is 977. The van der Waals surface area contributed by atoms with Crippen LogP contribution in [0.4, 0.5) is 18.9 Å². The van der Waals surface area contributed by atoms with E-state index in [2.05, 4.69) is 10.0 Å². The van der Waals surface area contributed by atoms with Gasteiger partial charge in [-0.25, -0.2) is 8.42 Å². The van der Waals surface area contributed by atoms with Gasteiger partial charge in [-0.3, -0.25) is 4.72 Å². The topological polar surface area (TPSA) is 76.7 Å². The van der Waals surface area contributed by atoms with E-state index in [0.717, 1.165) is 18.2 Å². The predicted octanol–water partition coefficient (Wildman–Crippen LogP) is 3.04. The standard InChI is InChI=1S/C18H19F3N2O4S/c1-22-13-9-14-15(26-2)6-7-16(17(14)27-10-13)28(24,25)23-12-5-3-4-11(8-12)18(19,20)21/h3-8,13,22-23H,9-10H2,1-2H3. The molecule has 0 fully saturated rings. The molecule has 2 aromatic carbocycles. The maximum absolute atomic E-state index is 12.9. The highest BCUT2D eigenvalue weighted by Crippen LogP contribution is 2.39. The fourth-order valence-corrected chi connectivity index (χ4v) is 4.21. The molecule has 1 aliphatic rings. The van der Waals surface area contributed by atoms with Gasteiger partial charge in [0.15, 0.2) is 0 Å². The molecular formula is C18H19F3N2O4S. The molecule has 0 amide bonds. The Kier molecular flexibility index (Phi) is 5.44. The number of alkyl halides is 3. The number of rotatable bonds is 5. The summed E-state index contributed by atoms with van der Waals surface area (Å²) in [5, 5.41) is 3.06. The quantitative estimate of drug-likeness (QED) is 0.784. The summed E-state index contributed by atoms with van der Waals surface area (Å²) in [4.78, 5) is -0.157. The lowest BCUT2D eigenvalue weighted by molar-refractivity contribution is -0.137. The van der Waals surface area contributed by atoms with Crippen LogP contribution in [0.2, 0.25) is 0 Å². The smallest absolute Gasteiger partial charge is 0.416 e. The second-order valence-corrected chi connectivity index (χ2v) is 7.91. The molecule has 1 atom stereocenters. The van der Waals surface area contributed by atoms with Crippen molar-refractivity contribution in [2.75, 3.05) is 25.5 Å². The third-order valence-electron chi connectivity index (χ3n) is 4.42. The lowest BCUT2D eigenvalue weighted by atomic mass is 10.0. The van der Waals surface area contributed by atoms with Crippen LogP contribution in [-0.2, 0) is 22.6 Å². The normalized spacial score (nSPS) is 16.8. The molecule has 2 aromatic rings. The van der Waals surface area contributed by atoms with E-state index in [1.165, 1.54) is 25.3 Å². The molecule has 0 saturated heterocycles. The van der Waals surface area contributed by atoms with E-state index in [0.29, 0.717) is 17.7 Å². The van der Waals surface area contributed by atoms with Crippen molar-refractivity contribution in [2.24, 2.45) is 0 Å². The van der Waals surface area contributed by atoms with Crippen molar-refractivity contribution in [3.63, 3.8) is 0 Å². The molecule has 28 heavy (non-hydrogen) atoms. The van der Waals surface area contributed by atoms with Crippen LogP contribution in [0.5, 0.6) is 11.5 Å². The zero-order valence-corrected chi connectivity index (χ0v) is 15.9. The van der Waals surface area contributed by atoms with Gasteiger partial charge in [0.1, 0.15) is 23.0 Å². The van der Waals surface area contributed by atoms with E-state index in [4.69, 9.17) is 9.47 Å². The van der Waals surface area contributed by atoms with Crippen LogP contribution in [0.1, 0.15) is 11.1 Å². The number of hydrogen-bond acceptors (Lipinski definition) is 5. The third kappa shape index (κ3) is 4.02. The van der Waals surface area contributed by atoms with Gasteiger partial charge in [-0.1, -0.05) is 6.07 Å². The minimum atomic E-state index is -4.58. The summed E-state index contributed by atoms with van der Waals surface area (Å²) in [6.07, 6.45) is -4.09. The van der Waals surface area contributed by atoms with Crippen LogP contribution in [0.15, 0.2) is 41.3 Å². The third-order valence-corrected chi connectivity index (χ3v) is 5.83. The molecule has 0 aliphatic carbocycles. The average Bonchev–Trinajstić information content (AvgIpc) is 2.65.